The average Bonchev–Trinajstić information content (AvgIpc) is 2.35. The van der Waals surface area contributed by atoms with Gasteiger partial charge in [0.1, 0.15) is 5.71 Å². The molecule has 0 saturated carbocycles. The third-order valence-electron chi connectivity index (χ3n) is 2.12. The van der Waals surface area contributed by atoms with Crippen molar-refractivity contribution in [3.63, 3.8) is 0 Å². The summed E-state index contributed by atoms with van der Waals surface area (Å²) in [6, 6.07) is 9.18. The van der Waals surface area contributed by atoms with Crippen molar-refractivity contribution in [1.29, 1.82) is 0 Å². The average molecular weight is 248 g/mol. The molecule has 1 aromatic rings. The van der Waals surface area contributed by atoms with E-state index < -0.39 is 5.97 Å². The molecule has 0 spiro atoms. The second kappa shape index (κ2) is 7.21. The van der Waals surface area contributed by atoms with Crippen LogP contribution in [0.2, 0.25) is 0 Å². The summed E-state index contributed by atoms with van der Waals surface area (Å²) in [4.78, 5) is 22.6. The number of hydrogen-bond acceptors (Lipinski definition) is 5. The fraction of sp³-hybridized carbons (Fsp3) is 0.308. The van der Waals surface area contributed by atoms with Crippen molar-refractivity contribution in [2.75, 3.05) is 12.0 Å². The lowest BCUT2D eigenvalue weighted by atomic mass is 10.2. The minimum atomic E-state index is -0.457. The van der Waals surface area contributed by atoms with Crippen LogP contribution in [0, 0.1) is 0 Å². The van der Waals surface area contributed by atoms with E-state index in [-0.39, 0.29) is 24.5 Å². The van der Waals surface area contributed by atoms with Crippen molar-refractivity contribution in [3.05, 3.63) is 30.3 Å². The predicted molar refractivity (Wildman–Crippen MR) is 69.4 cm³/mol. The van der Waals surface area contributed by atoms with Crippen LogP contribution < -0.4 is 5.43 Å². The normalized spacial score (nSPS) is 10.9. The van der Waals surface area contributed by atoms with Gasteiger partial charge in [-0.15, -0.1) is 0 Å². The molecule has 0 bridgehead atoms. The van der Waals surface area contributed by atoms with E-state index >= 15 is 0 Å². The third-order valence-corrected chi connectivity index (χ3v) is 2.12. The molecule has 0 aliphatic carbocycles. The summed E-state index contributed by atoms with van der Waals surface area (Å²) >= 11 is 0. The van der Waals surface area contributed by atoms with E-state index in [2.05, 4.69) is 10.5 Å². The minimum Gasteiger partial charge on any atom is -0.466 e. The van der Waals surface area contributed by atoms with Gasteiger partial charge in [-0.2, -0.15) is 5.10 Å². The molecule has 0 amide bonds. The number of esters is 1. The Kier molecular flexibility index (Phi) is 5.57. The first-order valence-electron chi connectivity index (χ1n) is 5.67. The molecule has 18 heavy (non-hydrogen) atoms. The Balaban J connectivity index is 2.67. The number of hydrazone groups is 1. The molecular formula is C13H16N2O3. The van der Waals surface area contributed by atoms with Crippen LogP contribution in [0.25, 0.3) is 0 Å². The Bertz CT molecular complexity index is 441. The second-order valence-electron chi connectivity index (χ2n) is 3.57. The molecule has 0 saturated heterocycles. The second-order valence-corrected chi connectivity index (χ2v) is 3.57. The number of hydrogen-bond donors (Lipinski definition) is 1. The number of nitrogens with one attached hydrogen (secondary N) is 1. The van der Waals surface area contributed by atoms with Crippen LogP contribution in [-0.4, -0.2) is 24.1 Å². The van der Waals surface area contributed by atoms with E-state index in [1.807, 2.05) is 30.3 Å². The van der Waals surface area contributed by atoms with Gasteiger partial charge in [-0.05, 0) is 19.1 Å². The fourth-order valence-electron chi connectivity index (χ4n) is 1.24. The number of ether oxygens (including phenoxy) is 1. The SMILES string of the molecule is CCOC(=O)C/C(=N\Nc1ccccc1)C(C)=O. The number of nitrogens with zero attached hydrogens (tertiary/aromatic N) is 1. The zero-order valence-corrected chi connectivity index (χ0v) is 10.5. The fourth-order valence-corrected chi connectivity index (χ4v) is 1.24. The lowest BCUT2D eigenvalue weighted by Crippen LogP contribution is -2.18. The summed E-state index contributed by atoms with van der Waals surface area (Å²) in [6.07, 6.45) is -0.122. The van der Waals surface area contributed by atoms with Crippen LogP contribution in [0.15, 0.2) is 35.4 Å². The van der Waals surface area contributed by atoms with E-state index in [9.17, 15) is 9.59 Å². The highest BCUT2D eigenvalue weighted by atomic mass is 16.5. The van der Waals surface area contributed by atoms with Gasteiger partial charge < -0.3 is 4.74 Å². The molecule has 5 nitrogen and oxygen atoms in total. The van der Waals surface area contributed by atoms with Crippen LogP contribution in [0.4, 0.5) is 5.69 Å². The van der Waals surface area contributed by atoms with Gasteiger partial charge in [0.25, 0.3) is 0 Å². The van der Waals surface area contributed by atoms with Gasteiger partial charge in [0.15, 0.2) is 5.78 Å². The molecule has 0 aliphatic rings. The highest BCUT2D eigenvalue weighted by Crippen LogP contribution is 2.05. The number of benzene rings is 1. The Morgan fingerprint density at radius 2 is 1.94 bits per heavy atom. The highest BCUT2D eigenvalue weighted by Gasteiger charge is 2.12. The van der Waals surface area contributed by atoms with Gasteiger partial charge in [0.05, 0.1) is 18.7 Å². The summed E-state index contributed by atoms with van der Waals surface area (Å²) in [6.45, 7) is 3.37. The molecule has 0 heterocycles. The number of Topliss-reactive ketones (excluding diaryl/α,β-unsaturated/α-hetero) is 1. The molecule has 5 heteroatoms. The van der Waals surface area contributed by atoms with E-state index in [4.69, 9.17) is 4.74 Å². The maximum Gasteiger partial charge on any atom is 0.312 e. The number of rotatable bonds is 6. The number of para-hydroxylation sites is 1. The van der Waals surface area contributed by atoms with Gasteiger partial charge in [-0.25, -0.2) is 0 Å². The monoisotopic (exact) mass is 248 g/mol. The van der Waals surface area contributed by atoms with Crippen molar-refractivity contribution >= 4 is 23.2 Å². The summed E-state index contributed by atoms with van der Waals surface area (Å²) in [5.41, 5.74) is 3.63. The van der Waals surface area contributed by atoms with Gasteiger partial charge in [0.2, 0.25) is 0 Å². The number of anilines is 1. The van der Waals surface area contributed by atoms with Gasteiger partial charge in [-0.1, -0.05) is 18.2 Å². The molecule has 1 aromatic carbocycles. The molecular weight excluding hydrogens is 232 g/mol. The zero-order chi connectivity index (χ0) is 13.4. The van der Waals surface area contributed by atoms with Crippen LogP contribution in [0.5, 0.6) is 0 Å². The third kappa shape index (κ3) is 4.78. The van der Waals surface area contributed by atoms with Crippen molar-refractivity contribution < 1.29 is 14.3 Å². The predicted octanol–water partition coefficient (Wildman–Crippen LogP) is 2.00. The Labute approximate surface area is 106 Å². The van der Waals surface area contributed by atoms with E-state index in [0.29, 0.717) is 0 Å². The number of ketones is 1. The molecule has 0 aliphatic heterocycles. The molecule has 0 atom stereocenters. The van der Waals surface area contributed by atoms with Gasteiger partial charge in [0, 0.05) is 6.92 Å². The first-order chi connectivity index (χ1) is 8.63. The van der Waals surface area contributed by atoms with E-state index in [0.717, 1.165) is 5.69 Å². The van der Waals surface area contributed by atoms with Crippen LogP contribution >= 0.6 is 0 Å². The minimum absolute atomic E-state index is 0.122. The smallest absolute Gasteiger partial charge is 0.312 e. The van der Waals surface area contributed by atoms with Gasteiger partial charge in [-0.3, -0.25) is 15.0 Å². The summed E-state index contributed by atoms with van der Waals surface area (Å²) in [5.74, 6) is -0.715. The molecule has 0 fully saturated rings. The summed E-state index contributed by atoms with van der Waals surface area (Å²) in [5, 5.41) is 3.93. The highest BCUT2D eigenvalue weighted by molar-refractivity contribution is 6.41. The molecule has 1 N–H and O–H groups in total. The first-order valence-corrected chi connectivity index (χ1v) is 5.67. The summed E-state index contributed by atoms with van der Waals surface area (Å²) in [7, 11) is 0. The van der Waals surface area contributed by atoms with E-state index in [1.54, 1.807) is 6.92 Å². The zero-order valence-electron chi connectivity index (χ0n) is 10.5. The van der Waals surface area contributed by atoms with Crippen LogP contribution in [-0.2, 0) is 14.3 Å². The van der Waals surface area contributed by atoms with Crippen molar-refractivity contribution in [3.8, 4) is 0 Å². The summed E-state index contributed by atoms with van der Waals surface area (Å²) < 4.78 is 4.77. The Hall–Kier alpha value is -2.17. The molecule has 0 aromatic heterocycles. The molecule has 1 rings (SSSR count). The largest absolute Gasteiger partial charge is 0.466 e. The first kappa shape index (κ1) is 13.9. The molecule has 0 radical (unpaired) electrons. The standard InChI is InChI=1S/C13H16N2O3/c1-3-18-13(17)9-12(10(2)16)15-14-11-7-5-4-6-8-11/h4-8,14H,3,9H2,1-2H3/b15-12+. The number of carbonyl (C=O) groups excluding carboxylic acids is 2. The van der Waals surface area contributed by atoms with Gasteiger partial charge >= 0.3 is 5.97 Å². The Morgan fingerprint density at radius 1 is 1.28 bits per heavy atom. The molecule has 96 valence electrons. The quantitative estimate of drug-likeness (QED) is 0.475. The Morgan fingerprint density at radius 3 is 2.50 bits per heavy atom. The topological polar surface area (TPSA) is 67.8 Å². The van der Waals surface area contributed by atoms with Crippen molar-refractivity contribution in [1.82, 2.24) is 0 Å². The van der Waals surface area contributed by atoms with Crippen LogP contribution in [0.1, 0.15) is 20.3 Å². The maximum atomic E-state index is 11.3. The van der Waals surface area contributed by atoms with E-state index in [1.165, 1.54) is 6.92 Å². The van der Waals surface area contributed by atoms with Crippen LogP contribution in [0.3, 0.4) is 0 Å². The van der Waals surface area contributed by atoms with Crippen molar-refractivity contribution in [2.45, 2.75) is 20.3 Å². The number of carbonyl (C=O) groups is 2. The molecule has 0 unspecified atom stereocenters. The maximum absolute atomic E-state index is 11.3. The lowest BCUT2D eigenvalue weighted by Gasteiger charge is -2.04. The lowest BCUT2D eigenvalue weighted by molar-refractivity contribution is -0.141. The van der Waals surface area contributed by atoms with Crippen molar-refractivity contribution in [2.24, 2.45) is 5.10 Å².